The van der Waals surface area contributed by atoms with Crippen LogP contribution in [0.5, 0.6) is 0 Å². The minimum atomic E-state index is -1.00. The van der Waals surface area contributed by atoms with Crippen molar-refractivity contribution in [1.29, 1.82) is 0 Å². The maximum absolute atomic E-state index is 12.6. The average Bonchev–Trinajstić information content (AvgIpc) is 2.49. The zero-order valence-corrected chi connectivity index (χ0v) is 11.7. The van der Waals surface area contributed by atoms with Crippen LogP contribution in [0.4, 0.5) is 5.69 Å². The monoisotopic (exact) mass is 297 g/mol. The van der Waals surface area contributed by atoms with E-state index in [-0.39, 0.29) is 23.5 Å². The molecule has 0 unspecified atom stereocenters. The molecule has 0 atom stereocenters. The van der Waals surface area contributed by atoms with Crippen molar-refractivity contribution in [2.24, 2.45) is 10.9 Å². The Balaban J connectivity index is 2.41. The number of carboxylic acid groups (broad SMARTS) is 1. The lowest BCUT2D eigenvalue weighted by Crippen LogP contribution is -2.10. The fraction of sp³-hybridized carbons (Fsp3) is 0.0625. The predicted octanol–water partition coefficient (Wildman–Crippen LogP) is 1.42. The smallest absolute Gasteiger partial charge is 0.307 e. The Morgan fingerprint density at radius 1 is 1.18 bits per heavy atom. The van der Waals surface area contributed by atoms with Gasteiger partial charge in [-0.05, 0) is 23.3 Å². The number of nitrogens with two attached hydrogens (primary N) is 2. The van der Waals surface area contributed by atoms with E-state index in [1.807, 2.05) is 0 Å². The van der Waals surface area contributed by atoms with E-state index in [9.17, 15) is 9.59 Å². The summed E-state index contributed by atoms with van der Waals surface area (Å²) in [5, 5.41) is 12.3. The Labute approximate surface area is 127 Å². The molecule has 5 N–H and O–H groups in total. The van der Waals surface area contributed by atoms with Crippen LogP contribution in [0.1, 0.15) is 27.0 Å². The molecule has 0 saturated heterocycles. The molecule has 0 amide bonds. The molecule has 0 aliphatic rings. The van der Waals surface area contributed by atoms with Crippen LogP contribution >= 0.6 is 0 Å². The highest BCUT2D eigenvalue weighted by Crippen LogP contribution is 2.21. The predicted molar refractivity (Wildman–Crippen MR) is 83.9 cm³/mol. The first-order valence-corrected chi connectivity index (χ1v) is 6.50. The normalized spacial score (nSPS) is 10.7. The Kier molecular flexibility index (Phi) is 4.53. The lowest BCUT2D eigenvalue weighted by atomic mass is 9.97. The Morgan fingerprint density at radius 2 is 1.91 bits per heavy atom. The third-order valence-corrected chi connectivity index (χ3v) is 3.16. The Hall–Kier alpha value is -3.15. The van der Waals surface area contributed by atoms with Gasteiger partial charge < -0.3 is 16.7 Å². The number of aliphatic carboxylic acids is 1. The number of rotatable bonds is 5. The van der Waals surface area contributed by atoms with Crippen molar-refractivity contribution in [3.63, 3.8) is 0 Å². The van der Waals surface area contributed by atoms with E-state index in [1.54, 1.807) is 42.5 Å². The molecule has 0 radical (unpaired) electrons. The van der Waals surface area contributed by atoms with Crippen LogP contribution in [-0.2, 0) is 11.2 Å². The van der Waals surface area contributed by atoms with Gasteiger partial charge in [0.2, 0.25) is 0 Å². The van der Waals surface area contributed by atoms with Gasteiger partial charge in [0.05, 0.1) is 12.6 Å². The van der Waals surface area contributed by atoms with Crippen molar-refractivity contribution in [1.82, 2.24) is 0 Å². The molecule has 0 aliphatic heterocycles. The fourth-order valence-electron chi connectivity index (χ4n) is 2.13. The number of para-hydroxylation sites is 1. The van der Waals surface area contributed by atoms with Crippen LogP contribution in [0.15, 0.2) is 47.6 Å². The lowest BCUT2D eigenvalue weighted by Gasteiger charge is -2.09. The van der Waals surface area contributed by atoms with Gasteiger partial charge in [0, 0.05) is 16.8 Å². The number of carbonyl (C=O) groups excluding carboxylic acids is 1. The van der Waals surface area contributed by atoms with Crippen LogP contribution in [0, 0.1) is 0 Å². The zero-order chi connectivity index (χ0) is 16.1. The summed E-state index contributed by atoms with van der Waals surface area (Å²) >= 11 is 0. The minimum absolute atomic E-state index is 0.188. The minimum Gasteiger partial charge on any atom is -0.481 e. The highest BCUT2D eigenvalue weighted by molar-refractivity contribution is 6.13. The average molecular weight is 297 g/mol. The molecular formula is C16H15N3O3. The first kappa shape index (κ1) is 15.2. The van der Waals surface area contributed by atoms with Crippen molar-refractivity contribution in [3.8, 4) is 0 Å². The number of hydrogen-bond acceptors (Lipinski definition) is 5. The SMILES string of the molecule is NN=Cc1cccc(C(=O)c2cccc(CC(=O)O)c2N)c1. The molecule has 0 aliphatic carbocycles. The molecule has 0 saturated carbocycles. The Bertz CT molecular complexity index is 754. The van der Waals surface area contributed by atoms with Crippen LogP contribution in [0.3, 0.4) is 0 Å². The zero-order valence-electron chi connectivity index (χ0n) is 11.7. The molecule has 0 bridgehead atoms. The third kappa shape index (κ3) is 3.29. The number of hydrazone groups is 1. The van der Waals surface area contributed by atoms with Crippen molar-refractivity contribution < 1.29 is 14.7 Å². The molecule has 2 rings (SSSR count). The summed E-state index contributed by atoms with van der Waals surface area (Å²) in [7, 11) is 0. The highest BCUT2D eigenvalue weighted by Gasteiger charge is 2.16. The van der Waals surface area contributed by atoms with E-state index in [0.29, 0.717) is 16.7 Å². The van der Waals surface area contributed by atoms with Crippen LogP contribution in [0.2, 0.25) is 0 Å². The van der Waals surface area contributed by atoms with E-state index in [1.165, 1.54) is 6.21 Å². The molecule has 112 valence electrons. The summed E-state index contributed by atoms with van der Waals surface area (Å²) in [4.78, 5) is 23.4. The van der Waals surface area contributed by atoms with Gasteiger partial charge in [-0.1, -0.05) is 30.3 Å². The van der Waals surface area contributed by atoms with Gasteiger partial charge >= 0.3 is 5.97 Å². The van der Waals surface area contributed by atoms with Gasteiger partial charge in [0.15, 0.2) is 5.78 Å². The van der Waals surface area contributed by atoms with E-state index in [4.69, 9.17) is 16.7 Å². The van der Waals surface area contributed by atoms with Crippen LogP contribution < -0.4 is 11.6 Å². The quantitative estimate of drug-likeness (QED) is 0.253. The van der Waals surface area contributed by atoms with Crippen LogP contribution in [-0.4, -0.2) is 23.1 Å². The summed E-state index contributed by atoms with van der Waals surface area (Å²) in [6.45, 7) is 0. The molecule has 6 nitrogen and oxygen atoms in total. The maximum atomic E-state index is 12.6. The summed E-state index contributed by atoms with van der Waals surface area (Å²) in [6, 6.07) is 11.6. The maximum Gasteiger partial charge on any atom is 0.307 e. The first-order chi connectivity index (χ1) is 10.5. The van der Waals surface area contributed by atoms with Crippen molar-refractivity contribution in [3.05, 3.63) is 64.7 Å². The van der Waals surface area contributed by atoms with Gasteiger partial charge in [0.1, 0.15) is 0 Å². The number of benzene rings is 2. The van der Waals surface area contributed by atoms with Crippen LogP contribution in [0.25, 0.3) is 0 Å². The molecule has 2 aromatic rings. The number of anilines is 1. The number of carboxylic acids is 1. The molecule has 0 heterocycles. The third-order valence-electron chi connectivity index (χ3n) is 3.16. The Morgan fingerprint density at radius 3 is 2.59 bits per heavy atom. The summed E-state index contributed by atoms with van der Waals surface area (Å²) in [5.74, 6) is 3.81. The van der Waals surface area contributed by atoms with E-state index in [2.05, 4.69) is 5.10 Å². The molecule has 2 aromatic carbocycles. The summed E-state index contributed by atoms with van der Waals surface area (Å²) in [5.41, 5.74) is 7.93. The van der Waals surface area contributed by atoms with Gasteiger partial charge in [-0.2, -0.15) is 5.10 Å². The fourth-order valence-corrected chi connectivity index (χ4v) is 2.13. The first-order valence-electron chi connectivity index (χ1n) is 6.50. The van der Waals surface area contributed by atoms with Gasteiger partial charge in [-0.15, -0.1) is 0 Å². The molecule has 6 heteroatoms. The molecule has 0 spiro atoms. The van der Waals surface area contributed by atoms with Gasteiger partial charge in [-0.25, -0.2) is 0 Å². The second kappa shape index (κ2) is 6.53. The number of carbonyl (C=O) groups is 2. The lowest BCUT2D eigenvalue weighted by molar-refractivity contribution is -0.136. The second-order valence-electron chi connectivity index (χ2n) is 4.68. The summed E-state index contributed by atoms with van der Waals surface area (Å²) < 4.78 is 0. The number of nitrogen functional groups attached to an aromatic ring is 1. The van der Waals surface area contributed by atoms with Gasteiger partial charge in [-0.3, -0.25) is 9.59 Å². The second-order valence-corrected chi connectivity index (χ2v) is 4.68. The number of hydrogen-bond donors (Lipinski definition) is 3. The topological polar surface area (TPSA) is 119 Å². The number of nitrogens with zero attached hydrogens (tertiary/aromatic N) is 1. The highest BCUT2D eigenvalue weighted by atomic mass is 16.4. The summed E-state index contributed by atoms with van der Waals surface area (Å²) in [6.07, 6.45) is 1.20. The molecule has 0 aromatic heterocycles. The van der Waals surface area contributed by atoms with E-state index < -0.39 is 5.97 Å². The number of ketones is 1. The van der Waals surface area contributed by atoms with E-state index in [0.717, 1.165) is 0 Å². The molecular weight excluding hydrogens is 282 g/mol. The largest absolute Gasteiger partial charge is 0.481 e. The van der Waals surface area contributed by atoms with Crippen molar-refractivity contribution in [2.45, 2.75) is 6.42 Å². The molecule has 0 fully saturated rings. The van der Waals surface area contributed by atoms with Gasteiger partial charge in [0.25, 0.3) is 0 Å². The standard InChI is InChI=1S/C16H15N3O3/c17-15-11(8-14(20)21)4-2-6-13(15)16(22)12-5-1-3-10(7-12)9-19-18/h1-7,9H,8,17-18H2,(H,20,21). The van der Waals surface area contributed by atoms with Crippen molar-refractivity contribution >= 4 is 23.7 Å². The van der Waals surface area contributed by atoms with E-state index >= 15 is 0 Å². The molecule has 22 heavy (non-hydrogen) atoms. The van der Waals surface area contributed by atoms with Crippen molar-refractivity contribution in [2.75, 3.05) is 5.73 Å².